The molecule has 3 nitrogen and oxygen atoms in total. The highest BCUT2D eigenvalue weighted by atomic mass is 19.1. The number of rotatable bonds is 2. The minimum Gasteiger partial charge on any atom is -0.368 e. The molecule has 0 aromatic rings. The number of allylic oxidation sites excluding steroid dienone is 2. The lowest BCUT2D eigenvalue weighted by molar-refractivity contribution is -0.0601. The highest BCUT2D eigenvalue weighted by Gasteiger charge is 2.56. The number of fused-ring (bicyclic) bond motifs is 1. The van der Waals surface area contributed by atoms with Crippen molar-refractivity contribution in [2.24, 2.45) is 22.7 Å². The zero-order chi connectivity index (χ0) is 9.92. The molecule has 3 rings (SSSR count). The molecular formula is C10H12FNO2. The molecule has 0 aromatic carbocycles. The van der Waals surface area contributed by atoms with Gasteiger partial charge in [0.15, 0.2) is 12.0 Å². The van der Waals surface area contributed by atoms with E-state index in [0.29, 0.717) is 18.5 Å². The Bertz CT molecular complexity index is 333. The Morgan fingerprint density at radius 1 is 1.43 bits per heavy atom. The van der Waals surface area contributed by atoms with Crippen molar-refractivity contribution in [1.82, 2.24) is 0 Å². The molecule has 4 heteroatoms. The monoisotopic (exact) mass is 197 g/mol. The van der Waals surface area contributed by atoms with Crippen molar-refractivity contribution in [3.63, 3.8) is 0 Å². The third-order valence-corrected chi connectivity index (χ3v) is 3.42. The minimum absolute atomic E-state index is 0.0933. The zero-order valence-electron chi connectivity index (χ0n) is 7.60. The van der Waals surface area contributed by atoms with Crippen molar-refractivity contribution in [2.75, 3.05) is 0 Å². The maximum Gasteiger partial charge on any atom is 0.155 e. The van der Waals surface area contributed by atoms with Crippen molar-refractivity contribution in [3.05, 3.63) is 11.8 Å². The van der Waals surface area contributed by atoms with Crippen LogP contribution in [-0.4, -0.2) is 28.4 Å². The molecule has 0 aromatic heterocycles. The SMILES string of the molecule is OC(O)C1C2C=NC(C3(F)CC3)=CC21. The Morgan fingerprint density at radius 2 is 2.14 bits per heavy atom. The van der Waals surface area contributed by atoms with E-state index in [4.69, 9.17) is 10.2 Å². The van der Waals surface area contributed by atoms with E-state index >= 15 is 0 Å². The number of nitrogens with zero attached hydrogens (tertiary/aromatic N) is 1. The highest BCUT2D eigenvalue weighted by Crippen LogP contribution is 2.55. The largest absolute Gasteiger partial charge is 0.368 e. The first kappa shape index (κ1) is 8.56. The molecule has 2 aliphatic carbocycles. The molecule has 0 saturated heterocycles. The fourth-order valence-electron chi connectivity index (χ4n) is 2.23. The van der Waals surface area contributed by atoms with Gasteiger partial charge in [-0.05, 0) is 18.8 Å². The number of aliphatic hydroxyl groups is 2. The summed E-state index contributed by atoms with van der Waals surface area (Å²) >= 11 is 0. The van der Waals surface area contributed by atoms with Gasteiger partial charge in [-0.2, -0.15) is 0 Å². The van der Waals surface area contributed by atoms with Crippen molar-refractivity contribution in [2.45, 2.75) is 24.8 Å². The molecule has 2 N–H and O–H groups in total. The van der Waals surface area contributed by atoms with Gasteiger partial charge >= 0.3 is 0 Å². The smallest absolute Gasteiger partial charge is 0.155 e. The number of aliphatic imine (C=N–C) groups is 1. The average molecular weight is 197 g/mol. The first-order chi connectivity index (χ1) is 6.62. The van der Waals surface area contributed by atoms with E-state index in [9.17, 15) is 4.39 Å². The molecule has 14 heavy (non-hydrogen) atoms. The Morgan fingerprint density at radius 3 is 2.71 bits per heavy atom. The van der Waals surface area contributed by atoms with Gasteiger partial charge in [0.1, 0.15) is 0 Å². The van der Waals surface area contributed by atoms with Gasteiger partial charge in [-0.1, -0.05) is 6.08 Å². The van der Waals surface area contributed by atoms with Crippen LogP contribution in [0.3, 0.4) is 0 Å². The fraction of sp³-hybridized carbons (Fsp3) is 0.700. The van der Waals surface area contributed by atoms with E-state index < -0.39 is 12.0 Å². The minimum atomic E-state index is -1.30. The van der Waals surface area contributed by atoms with Crippen LogP contribution in [0.2, 0.25) is 0 Å². The van der Waals surface area contributed by atoms with Crippen LogP contribution < -0.4 is 0 Å². The van der Waals surface area contributed by atoms with E-state index in [2.05, 4.69) is 4.99 Å². The summed E-state index contributed by atoms with van der Waals surface area (Å²) in [6.45, 7) is 0. The molecule has 3 atom stereocenters. The summed E-state index contributed by atoms with van der Waals surface area (Å²) in [5.41, 5.74) is -0.698. The van der Waals surface area contributed by atoms with Crippen LogP contribution in [0.4, 0.5) is 4.39 Å². The molecule has 3 aliphatic rings. The maximum absolute atomic E-state index is 13.6. The Kier molecular flexibility index (Phi) is 1.49. The molecule has 0 bridgehead atoms. The predicted molar refractivity (Wildman–Crippen MR) is 48.3 cm³/mol. The fourth-order valence-corrected chi connectivity index (χ4v) is 2.23. The normalized spacial score (nSPS) is 42.0. The third kappa shape index (κ3) is 1.07. The van der Waals surface area contributed by atoms with Gasteiger partial charge in [-0.15, -0.1) is 0 Å². The van der Waals surface area contributed by atoms with E-state index in [0.717, 1.165) is 0 Å². The van der Waals surface area contributed by atoms with Crippen molar-refractivity contribution < 1.29 is 14.6 Å². The molecule has 0 spiro atoms. The molecule has 76 valence electrons. The van der Waals surface area contributed by atoms with Crippen LogP contribution >= 0.6 is 0 Å². The Labute approximate surface area is 81.0 Å². The van der Waals surface area contributed by atoms with Crippen LogP contribution in [0.25, 0.3) is 0 Å². The standard InChI is InChI=1S/C10H12FNO2/c11-10(1-2-10)7-3-5-6(4-12-7)8(5)9(13)14/h3-6,8-9,13-14H,1-2H2. The molecule has 1 aliphatic heterocycles. The van der Waals surface area contributed by atoms with E-state index in [1.165, 1.54) is 0 Å². The number of hydrogen-bond acceptors (Lipinski definition) is 3. The molecule has 2 fully saturated rings. The van der Waals surface area contributed by atoms with Gasteiger partial charge in [0, 0.05) is 18.1 Å². The van der Waals surface area contributed by atoms with Crippen LogP contribution in [0.1, 0.15) is 12.8 Å². The van der Waals surface area contributed by atoms with Crippen molar-refractivity contribution in [3.8, 4) is 0 Å². The second kappa shape index (κ2) is 2.44. The van der Waals surface area contributed by atoms with Gasteiger partial charge in [0.25, 0.3) is 0 Å². The lowest BCUT2D eigenvalue weighted by atomic mass is 10.1. The molecule has 0 amide bonds. The molecule has 0 radical (unpaired) electrons. The highest BCUT2D eigenvalue weighted by molar-refractivity contribution is 5.71. The van der Waals surface area contributed by atoms with Gasteiger partial charge in [-0.25, -0.2) is 4.39 Å². The van der Waals surface area contributed by atoms with Crippen molar-refractivity contribution >= 4 is 6.21 Å². The predicted octanol–water partition coefficient (Wildman–Crippen LogP) is 0.630. The summed E-state index contributed by atoms with van der Waals surface area (Å²) in [6.07, 6.45) is 3.26. The number of hydrogen-bond donors (Lipinski definition) is 2. The first-order valence-electron chi connectivity index (χ1n) is 4.93. The van der Waals surface area contributed by atoms with Crippen LogP contribution in [0, 0.1) is 17.8 Å². The van der Waals surface area contributed by atoms with Gasteiger partial charge in [0.05, 0.1) is 5.70 Å². The number of aliphatic hydroxyl groups excluding tert-OH is 1. The topological polar surface area (TPSA) is 52.8 Å². The summed E-state index contributed by atoms with van der Waals surface area (Å²) in [5.74, 6) is 0.0374. The number of halogens is 1. The van der Waals surface area contributed by atoms with Crippen LogP contribution in [-0.2, 0) is 0 Å². The summed E-state index contributed by atoms with van der Waals surface area (Å²) < 4.78 is 13.6. The Hall–Kier alpha value is -0.740. The summed E-state index contributed by atoms with van der Waals surface area (Å²) in [6, 6.07) is 0. The second-order valence-electron chi connectivity index (χ2n) is 4.44. The van der Waals surface area contributed by atoms with E-state index in [-0.39, 0.29) is 17.8 Å². The van der Waals surface area contributed by atoms with Crippen LogP contribution in [0.15, 0.2) is 16.8 Å². The lowest BCUT2D eigenvalue weighted by Gasteiger charge is -2.07. The van der Waals surface area contributed by atoms with Crippen LogP contribution in [0.5, 0.6) is 0 Å². The van der Waals surface area contributed by atoms with Gasteiger partial charge in [-0.3, -0.25) is 4.99 Å². The summed E-state index contributed by atoms with van der Waals surface area (Å²) in [5, 5.41) is 18.0. The average Bonchev–Trinajstić information content (AvgIpc) is 2.98. The maximum atomic E-state index is 13.6. The molecule has 1 heterocycles. The number of alkyl halides is 1. The summed E-state index contributed by atoms with van der Waals surface area (Å²) in [4.78, 5) is 4.06. The van der Waals surface area contributed by atoms with Gasteiger partial charge < -0.3 is 10.2 Å². The Balaban J connectivity index is 1.81. The molecule has 3 unspecified atom stereocenters. The van der Waals surface area contributed by atoms with E-state index in [1.807, 2.05) is 0 Å². The zero-order valence-corrected chi connectivity index (χ0v) is 7.60. The summed E-state index contributed by atoms with van der Waals surface area (Å²) in [7, 11) is 0. The second-order valence-corrected chi connectivity index (χ2v) is 4.44. The quantitative estimate of drug-likeness (QED) is 0.638. The third-order valence-electron chi connectivity index (χ3n) is 3.42. The first-order valence-corrected chi connectivity index (χ1v) is 4.93. The molecule has 2 saturated carbocycles. The van der Waals surface area contributed by atoms with E-state index in [1.54, 1.807) is 12.3 Å². The lowest BCUT2D eigenvalue weighted by Crippen LogP contribution is -2.09. The van der Waals surface area contributed by atoms with Gasteiger partial charge in [0.2, 0.25) is 0 Å². The molecular weight excluding hydrogens is 185 g/mol. The van der Waals surface area contributed by atoms with Crippen molar-refractivity contribution in [1.29, 1.82) is 0 Å².